The van der Waals surface area contributed by atoms with Crippen LogP contribution in [0.2, 0.25) is 0 Å². The maximum absolute atomic E-state index is 14.0. The van der Waals surface area contributed by atoms with Crippen LogP contribution in [0.4, 0.5) is 4.39 Å². The van der Waals surface area contributed by atoms with Crippen molar-refractivity contribution in [2.24, 2.45) is 0 Å². The molecule has 0 saturated carbocycles. The van der Waals surface area contributed by atoms with Gasteiger partial charge in [-0.1, -0.05) is 24.3 Å². The first kappa shape index (κ1) is 43.8. The van der Waals surface area contributed by atoms with Gasteiger partial charge in [0.25, 0.3) is 21.8 Å². The highest BCUT2D eigenvalue weighted by atomic mass is 32.2. The summed E-state index contributed by atoms with van der Waals surface area (Å²) in [7, 11) is -9.14. The number of carbonyl (C=O) groups is 4. The van der Waals surface area contributed by atoms with Crippen molar-refractivity contribution in [3.63, 3.8) is 0 Å². The van der Waals surface area contributed by atoms with E-state index in [0.717, 1.165) is 23.5 Å². The Morgan fingerprint density at radius 1 is 0.797 bits per heavy atom. The maximum Gasteiger partial charge on any atom is 0.391 e. The molecule has 0 aliphatic carbocycles. The first-order chi connectivity index (χ1) is 28.0. The quantitative estimate of drug-likeness (QED) is 0.0471. The molecule has 1 atom stereocenters. The van der Waals surface area contributed by atoms with Crippen LogP contribution in [0.5, 0.6) is 17.2 Å². The third-order valence-corrected chi connectivity index (χ3v) is 12.2. The molecule has 0 aliphatic rings. The molecule has 1 unspecified atom stereocenters. The van der Waals surface area contributed by atoms with Crippen molar-refractivity contribution in [2.45, 2.75) is 17.1 Å². The molecule has 0 saturated heterocycles. The lowest BCUT2D eigenvalue weighted by molar-refractivity contribution is -0.137. The molecule has 4 aromatic carbocycles. The van der Waals surface area contributed by atoms with Crippen molar-refractivity contribution in [3.05, 3.63) is 119 Å². The van der Waals surface area contributed by atoms with Crippen LogP contribution in [0.15, 0.2) is 89.1 Å². The number of hydrogen-bond donors (Lipinski definition) is 6. The smallest absolute Gasteiger partial charge is 0.391 e. The van der Waals surface area contributed by atoms with E-state index in [-0.39, 0.29) is 71.5 Å². The summed E-state index contributed by atoms with van der Waals surface area (Å²) in [6.45, 7) is -0.221. The molecule has 308 valence electrons. The topological polar surface area (TPSA) is 268 Å². The molecule has 0 aliphatic heterocycles. The number of aliphatic carboxylic acids is 2. The number of amides is 2. The predicted octanol–water partition coefficient (Wildman–Crippen LogP) is 4.28. The van der Waals surface area contributed by atoms with Crippen molar-refractivity contribution < 1.29 is 65.7 Å². The number of ether oxygens (including phenoxy) is 2. The van der Waals surface area contributed by atoms with Gasteiger partial charge in [-0.15, -0.1) is 11.3 Å². The van der Waals surface area contributed by atoms with Crippen LogP contribution < -0.4 is 29.4 Å². The molecule has 2 amide bonds. The molecule has 17 nitrogen and oxygen atoms in total. The average Bonchev–Trinajstić information content (AvgIpc) is 3.61. The summed E-state index contributed by atoms with van der Waals surface area (Å²) in [6.07, 6.45) is -1.61. The van der Waals surface area contributed by atoms with Gasteiger partial charge in [-0.25, -0.2) is 17.4 Å². The Morgan fingerprint density at radius 2 is 1.36 bits per heavy atom. The van der Waals surface area contributed by atoms with Crippen LogP contribution in [0, 0.1) is 17.1 Å². The molecular formula is C38H34FN4O13PS2. The molecule has 6 N–H and O–H groups in total. The number of hydrogen-bond acceptors (Lipinski definition) is 12. The Labute approximate surface area is 339 Å². The van der Waals surface area contributed by atoms with E-state index in [4.69, 9.17) is 29.5 Å². The van der Waals surface area contributed by atoms with Crippen molar-refractivity contribution in [3.8, 4) is 23.3 Å². The number of fused-ring (bicyclic) bond motifs is 1. The summed E-state index contributed by atoms with van der Waals surface area (Å²) >= 11 is 0.785. The van der Waals surface area contributed by atoms with Crippen LogP contribution in [0.3, 0.4) is 0 Å². The van der Waals surface area contributed by atoms with Crippen LogP contribution in [-0.4, -0.2) is 79.9 Å². The summed E-state index contributed by atoms with van der Waals surface area (Å²) < 4.78 is 72.1. The molecule has 0 bridgehead atoms. The Kier molecular flexibility index (Phi) is 14.4. The number of carboxylic acids is 2. The second-order valence-electron chi connectivity index (χ2n) is 12.4. The van der Waals surface area contributed by atoms with Gasteiger partial charge in [-0.2, -0.15) is 9.98 Å². The van der Waals surface area contributed by atoms with Gasteiger partial charge in [0.05, 0.1) is 31.5 Å². The van der Waals surface area contributed by atoms with E-state index in [1.807, 2.05) is 4.72 Å². The fourth-order valence-electron chi connectivity index (χ4n) is 5.31. The number of thiophene rings is 1. The van der Waals surface area contributed by atoms with Gasteiger partial charge >= 0.3 is 19.5 Å². The number of benzene rings is 4. The lowest BCUT2D eigenvalue weighted by atomic mass is 10.1. The number of halogens is 1. The van der Waals surface area contributed by atoms with Gasteiger partial charge < -0.3 is 39.7 Å². The Balaban J connectivity index is 1.28. The predicted molar refractivity (Wildman–Crippen MR) is 210 cm³/mol. The van der Waals surface area contributed by atoms with Crippen molar-refractivity contribution in [1.29, 1.82) is 5.26 Å². The molecule has 0 radical (unpaired) electrons. The van der Waals surface area contributed by atoms with Gasteiger partial charge in [0.2, 0.25) is 0 Å². The minimum Gasteiger partial charge on any atom is -0.488 e. The van der Waals surface area contributed by atoms with Crippen LogP contribution in [0.25, 0.3) is 10.1 Å². The van der Waals surface area contributed by atoms with Crippen molar-refractivity contribution in [2.75, 3.05) is 32.6 Å². The molecule has 5 rings (SSSR count). The zero-order valence-corrected chi connectivity index (χ0v) is 33.1. The van der Waals surface area contributed by atoms with Gasteiger partial charge in [0.1, 0.15) is 41.3 Å². The van der Waals surface area contributed by atoms with Gasteiger partial charge in [-0.05, 0) is 65.0 Å². The van der Waals surface area contributed by atoms with E-state index in [9.17, 15) is 41.4 Å². The number of nitrogens with zero attached hydrogens (tertiary/aromatic N) is 1. The number of carbonyl (C=O) groups excluding carboxylic acids is 2. The average molecular weight is 869 g/mol. The van der Waals surface area contributed by atoms with Gasteiger partial charge in [0, 0.05) is 28.0 Å². The molecule has 0 fully saturated rings. The molecule has 5 aromatic rings. The number of sulfonamides is 1. The molecule has 1 aromatic heterocycles. The summed E-state index contributed by atoms with van der Waals surface area (Å²) in [6, 6.07) is 20.9. The normalized spacial score (nSPS) is 12.2. The lowest BCUT2D eigenvalue weighted by Crippen LogP contribution is -2.29. The number of nitriles is 1. The minimum atomic E-state index is -4.71. The van der Waals surface area contributed by atoms with E-state index in [2.05, 4.69) is 10.6 Å². The first-order valence-electron chi connectivity index (χ1n) is 17.2. The molecular weight excluding hydrogens is 835 g/mol. The van der Waals surface area contributed by atoms with E-state index >= 15 is 0 Å². The highest BCUT2D eigenvalue weighted by molar-refractivity contribution is 7.92. The second kappa shape index (κ2) is 19.4. The van der Waals surface area contributed by atoms with Gasteiger partial charge in [-0.3, -0.25) is 19.2 Å². The van der Waals surface area contributed by atoms with Crippen molar-refractivity contribution in [1.82, 2.24) is 15.4 Å². The monoisotopic (exact) mass is 868 g/mol. The SMILES string of the molecule is N#Cc1ccc(OP(=O)(O)CNS(=O)(=O)c2cc3cc(OCCNC(=O)c4cccc(CC(=O)O)c4)c(OCCNC(=O)c4cccc(CC(=O)O)c4)cc3s2)cc1F. The Hall–Kier alpha value is -6.36. The summed E-state index contributed by atoms with van der Waals surface area (Å²) in [5.41, 5.74) is 1.01. The Morgan fingerprint density at radius 3 is 1.88 bits per heavy atom. The molecule has 21 heteroatoms. The zero-order chi connectivity index (χ0) is 42.7. The number of rotatable bonds is 20. The molecule has 1 heterocycles. The zero-order valence-electron chi connectivity index (χ0n) is 30.5. The van der Waals surface area contributed by atoms with Gasteiger partial charge in [0.15, 0.2) is 11.5 Å². The minimum absolute atomic E-state index is 0.0111. The van der Waals surface area contributed by atoms with Crippen LogP contribution in [-0.2, 0) is 37.0 Å². The first-order valence-corrected chi connectivity index (χ1v) is 21.3. The standard InChI is InChI=1S/C38H34FN4O13PS2/c39-30-19-29(8-7-27(30)21-40)56-57(50,51)22-43-59(52,53)36-18-28-17-31(54-11-9-41-37(48)25-5-1-3-23(13-25)15-34(44)45)32(20-33(28)58-36)55-12-10-42-38(49)26-6-2-4-24(14-26)16-35(46)47/h1-8,13-14,17-20,43H,9-12,15-16,22H2,(H,41,48)(H,42,49)(H,44,45)(H,46,47)(H,50,51). The third kappa shape index (κ3) is 12.6. The fraction of sp³-hybridized carbons (Fsp3) is 0.184. The Bertz CT molecular complexity index is 2500. The van der Waals surface area contributed by atoms with Crippen molar-refractivity contribution >= 4 is 62.8 Å². The summed E-state index contributed by atoms with van der Waals surface area (Å²) in [5, 5.41) is 32.7. The van der Waals surface area contributed by atoms with Crippen LogP contribution >= 0.6 is 18.9 Å². The maximum atomic E-state index is 14.0. The lowest BCUT2D eigenvalue weighted by Gasteiger charge is -2.14. The largest absolute Gasteiger partial charge is 0.488 e. The molecule has 59 heavy (non-hydrogen) atoms. The van der Waals surface area contributed by atoms with E-state index in [0.29, 0.717) is 27.3 Å². The highest BCUT2D eigenvalue weighted by Crippen LogP contribution is 2.43. The summed E-state index contributed by atoms with van der Waals surface area (Å²) in [5.74, 6) is -4.23. The second-order valence-corrected chi connectivity index (χ2v) is 17.3. The number of nitrogens with one attached hydrogen (secondary N) is 3. The van der Waals surface area contributed by atoms with E-state index < -0.39 is 59.2 Å². The third-order valence-electron chi connectivity index (χ3n) is 7.97. The van der Waals surface area contributed by atoms with E-state index in [1.165, 1.54) is 42.5 Å². The summed E-state index contributed by atoms with van der Waals surface area (Å²) in [4.78, 5) is 57.9. The highest BCUT2D eigenvalue weighted by Gasteiger charge is 2.27. The van der Waals surface area contributed by atoms with E-state index in [1.54, 1.807) is 30.3 Å². The number of carboxylic acid groups (broad SMARTS) is 2. The molecule has 0 spiro atoms. The van der Waals surface area contributed by atoms with Crippen LogP contribution in [0.1, 0.15) is 37.4 Å². The fourth-order valence-corrected chi connectivity index (χ4v) is 9.26.